The lowest BCUT2D eigenvalue weighted by Crippen LogP contribution is -2.15. The Bertz CT molecular complexity index is 635. The van der Waals surface area contributed by atoms with E-state index in [0.717, 1.165) is 28.9 Å². The van der Waals surface area contributed by atoms with E-state index in [0.29, 0.717) is 11.3 Å². The summed E-state index contributed by atoms with van der Waals surface area (Å²) < 4.78 is 1.66. The van der Waals surface area contributed by atoms with Crippen molar-refractivity contribution in [1.29, 1.82) is 0 Å². The van der Waals surface area contributed by atoms with Gasteiger partial charge in [-0.1, -0.05) is 6.92 Å². The van der Waals surface area contributed by atoms with Gasteiger partial charge in [0, 0.05) is 24.6 Å². The standard InChI is InChI=1S/C15H20N4O/c1-5-13-12(8-19(4)18-13)15(20)17-14-9(2)6-11(16)7-10(14)3/h6-8H,5,16H2,1-4H3,(H,17,20). The Morgan fingerprint density at radius 1 is 1.35 bits per heavy atom. The Kier molecular flexibility index (Phi) is 3.79. The van der Waals surface area contributed by atoms with E-state index in [-0.39, 0.29) is 5.91 Å². The first kappa shape index (κ1) is 14.1. The number of aryl methyl sites for hydroxylation is 4. The lowest BCUT2D eigenvalue weighted by Gasteiger charge is -2.12. The molecule has 5 heteroatoms. The first-order chi connectivity index (χ1) is 9.42. The third kappa shape index (κ3) is 2.66. The largest absolute Gasteiger partial charge is 0.399 e. The quantitative estimate of drug-likeness (QED) is 0.843. The third-order valence-electron chi connectivity index (χ3n) is 3.28. The molecule has 0 saturated carbocycles. The van der Waals surface area contributed by atoms with Gasteiger partial charge in [0.2, 0.25) is 0 Å². The van der Waals surface area contributed by atoms with Crippen molar-refractivity contribution in [3.8, 4) is 0 Å². The average Bonchev–Trinajstić information content (AvgIpc) is 2.75. The molecule has 0 bridgehead atoms. The summed E-state index contributed by atoms with van der Waals surface area (Å²) in [4.78, 5) is 12.4. The van der Waals surface area contributed by atoms with Crippen LogP contribution in [0.5, 0.6) is 0 Å². The molecule has 0 unspecified atom stereocenters. The molecule has 0 atom stereocenters. The number of anilines is 2. The Morgan fingerprint density at radius 3 is 2.50 bits per heavy atom. The van der Waals surface area contributed by atoms with E-state index in [1.807, 2.05) is 40.0 Å². The van der Waals surface area contributed by atoms with Crippen molar-refractivity contribution in [1.82, 2.24) is 9.78 Å². The molecule has 0 radical (unpaired) electrons. The topological polar surface area (TPSA) is 72.9 Å². The molecule has 0 saturated heterocycles. The van der Waals surface area contributed by atoms with Gasteiger partial charge in [-0.2, -0.15) is 5.10 Å². The van der Waals surface area contributed by atoms with Crippen molar-refractivity contribution in [2.45, 2.75) is 27.2 Å². The van der Waals surface area contributed by atoms with E-state index >= 15 is 0 Å². The number of amides is 1. The molecule has 2 rings (SSSR count). The molecule has 0 aliphatic carbocycles. The molecule has 0 fully saturated rings. The molecular weight excluding hydrogens is 252 g/mol. The number of benzene rings is 1. The molecule has 0 aliphatic heterocycles. The minimum absolute atomic E-state index is 0.133. The SMILES string of the molecule is CCc1nn(C)cc1C(=O)Nc1c(C)cc(N)cc1C. The molecule has 0 spiro atoms. The van der Waals surface area contributed by atoms with Gasteiger partial charge < -0.3 is 11.1 Å². The van der Waals surface area contributed by atoms with E-state index in [4.69, 9.17) is 5.73 Å². The van der Waals surface area contributed by atoms with Gasteiger partial charge in [-0.15, -0.1) is 0 Å². The highest BCUT2D eigenvalue weighted by molar-refractivity contribution is 6.05. The minimum atomic E-state index is -0.133. The predicted molar refractivity (Wildman–Crippen MR) is 80.9 cm³/mol. The second-order valence-corrected chi connectivity index (χ2v) is 5.00. The van der Waals surface area contributed by atoms with E-state index in [1.54, 1.807) is 10.9 Å². The van der Waals surface area contributed by atoms with Gasteiger partial charge in [0.1, 0.15) is 0 Å². The van der Waals surface area contributed by atoms with Crippen LogP contribution in [0, 0.1) is 13.8 Å². The van der Waals surface area contributed by atoms with Crippen molar-refractivity contribution in [3.05, 3.63) is 40.7 Å². The summed E-state index contributed by atoms with van der Waals surface area (Å²) in [7, 11) is 1.82. The van der Waals surface area contributed by atoms with E-state index in [9.17, 15) is 4.79 Å². The summed E-state index contributed by atoms with van der Waals surface area (Å²) in [6.45, 7) is 5.85. The van der Waals surface area contributed by atoms with E-state index < -0.39 is 0 Å². The average molecular weight is 272 g/mol. The van der Waals surface area contributed by atoms with Crippen molar-refractivity contribution in [2.75, 3.05) is 11.1 Å². The molecule has 106 valence electrons. The summed E-state index contributed by atoms with van der Waals surface area (Å²) in [6, 6.07) is 3.71. The second-order valence-electron chi connectivity index (χ2n) is 5.00. The van der Waals surface area contributed by atoms with Crippen LogP contribution in [-0.2, 0) is 13.5 Å². The molecule has 0 aliphatic rings. The number of nitrogens with zero attached hydrogens (tertiary/aromatic N) is 2. The highest BCUT2D eigenvalue weighted by atomic mass is 16.1. The Hall–Kier alpha value is -2.30. The number of aromatic nitrogens is 2. The molecule has 1 aromatic heterocycles. The van der Waals surface area contributed by atoms with Gasteiger partial charge in [0.25, 0.3) is 5.91 Å². The zero-order valence-electron chi connectivity index (χ0n) is 12.3. The molecule has 2 aromatic rings. The molecule has 1 amide bonds. The lowest BCUT2D eigenvalue weighted by molar-refractivity contribution is 0.102. The number of carbonyl (C=O) groups excluding carboxylic acids is 1. The summed E-state index contributed by atoms with van der Waals surface area (Å²) in [5.41, 5.74) is 10.6. The number of hydrogen-bond donors (Lipinski definition) is 2. The van der Waals surface area contributed by atoms with Crippen LogP contribution in [-0.4, -0.2) is 15.7 Å². The molecule has 1 aromatic carbocycles. The number of nitrogen functional groups attached to an aromatic ring is 1. The maximum atomic E-state index is 12.4. The van der Waals surface area contributed by atoms with E-state index in [1.165, 1.54) is 0 Å². The van der Waals surface area contributed by atoms with Gasteiger partial charge in [-0.05, 0) is 43.5 Å². The first-order valence-corrected chi connectivity index (χ1v) is 6.63. The molecule has 20 heavy (non-hydrogen) atoms. The van der Waals surface area contributed by atoms with E-state index in [2.05, 4.69) is 10.4 Å². The smallest absolute Gasteiger partial charge is 0.259 e. The van der Waals surface area contributed by atoms with Gasteiger partial charge in [-0.25, -0.2) is 0 Å². The minimum Gasteiger partial charge on any atom is -0.399 e. The molecule has 1 heterocycles. The lowest BCUT2D eigenvalue weighted by atomic mass is 10.1. The Balaban J connectivity index is 2.32. The van der Waals surface area contributed by atoms with Crippen molar-refractivity contribution >= 4 is 17.3 Å². The predicted octanol–water partition coefficient (Wildman–Crippen LogP) is 2.43. The zero-order valence-corrected chi connectivity index (χ0v) is 12.3. The van der Waals surface area contributed by atoms with Gasteiger partial charge in [0.15, 0.2) is 0 Å². The molecular formula is C15H20N4O. The van der Waals surface area contributed by atoms with Crippen LogP contribution in [0.25, 0.3) is 0 Å². The van der Waals surface area contributed by atoms with Crippen molar-refractivity contribution < 1.29 is 4.79 Å². The number of rotatable bonds is 3. The first-order valence-electron chi connectivity index (χ1n) is 6.63. The van der Waals surface area contributed by atoms with Crippen LogP contribution in [0.1, 0.15) is 34.1 Å². The van der Waals surface area contributed by atoms with Crippen LogP contribution in [0.4, 0.5) is 11.4 Å². The van der Waals surface area contributed by atoms with Gasteiger partial charge in [0.05, 0.1) is 11.3 Å². The van der Waals surface area contributed by atoms with Crippen molar-refractivity contribution in [2.24, 2.45) is 7.05 Å². The normalized spacial score (nSPS) is 10.6. The number of hydrogen-bond acceptors (Lipinski definition) is 3. The highest BCUT2D eigenvalue weighted by Crippen LogP contribution is 2.24. The monoisotopic (exact) mass is 272 g/mol. The maximum absolute atomic E-state index is 12.4. The van der Waals surface area contributed by atoms with Crippen LogP contribution in [0.2, 0.25) is 0 Å². The number of nitrogens with one attached hydrogen (secondary N) is 1. The van der Waals surface area contributed by atoms with Gasteiger partial charge in [-0.3, -0.25) is 9.48 Å². The van der Waals surface area contributed by atoms with Gasteiger partial charge >= 0.3 is 0 Å². The third-order valence-corrected chi connectivity index (χ3v) is 3.28. The zero-order chi connectivity index (χ0) is 14.9. The fraction of sp³-hybridized carbons (Fsp3) is 0.333. The summed E-state index contributed by atoms with van der Waals surface area (Å²) in [5, 5.41) is 7.25. The molecule has 3 N–H and O–H groups in total. The Labute approximate surface area is 118 Å². The summed E-state index contributed by atoms with van der Waals surface area (Å²) in [6.07, 6.45) is 2.47. The molecule has 5 nitrogen and oxygen atoms in total. The van der Waals surface area contributed by atoms with Crippen LogP contribution in [0.15, 0.2) is 18.3 Å². The van der Waals surface area contributed by atoms with Crippen LogP contribution in [0.3, 0.4) is 0 Å². The van der Waals surface area contributed by atoms with Crippen molar-refractivity contribution in [3.63, 3.8) is 0 Å². The Morgan fingerprint density at radius 2 is 1.95 bits per heavy atom. The fourth-order valence-electron chi connectivity index (χ4n) is 2.36. The number of carbonyl (C=O) groups is 1. The summed E-state index contributed by atoms with van der Waals surface area (Å²) in [5.74, 6) is -0.133. The summed E-state index contributed by atoms with van der Waals surface area (Å²) >= 11 is 0. The van der Waals surface area contributed by atoms with Crippen LogP contribution < -0.4 is 11.1 Å². The highest BCUT2D eigenvalue weighted by Gasteiger charge is 2.16. The van der Waals surface area contributed by atoms with Crippen LogP contribution >= 0.6 is 0 Å². The second kappa shape index (κ2) is 5.36. The maximum Gasteiger partial charge on any atom is 0.259 e. The fourth-order valence-corrected chi connectivity index (χ4v) is 2.36. The number of nitrogens with two attached hydrogens (primary N) is 1.